The van der Waals surface area contributed by atoms with E-state index in [1.165, 1.54) is 12.2 Å². The van der Waals surface area contributed by atoms with Crippen LogP contribution in [0.15, 0.2) is 28.2 Å². The molecule has 0 saturated carbocycles. The second-order valence-corrected chi connectivity index (χ2v) is 4.54. The third-order valence-corrected chi connectivity index (χ3v) is 3.01. The van der Waals surface area contributed by atoms with Crippen molar-refractivity contribution in [2.24, 2.45) is 0 Å². The van der Waals surface area contributed by atoms with Gasteiger partial charge in [0.1, 0.15) is 12.4 Å². The molecule has 0 radical (unpaired) electrons. The summed E-state index contributed by atoms with van der Waals surface area (Å²) in [5, 5.41) is 1.18. The van der Waals surface area contributed by atoms with Crippen molar-refractivity contribution in [3.05, 3.63) is 33.8 Å². The molecule has 0 unspecified atom stereocenters. The fraction of sp³-hybridized carbons (Fsp3) is 0.250. The Balaban J connectivity index is 2.31. The van der Waals surface area contributed by atoms with E-state index < -0.39 is 0 Å². The topological polar surface area (TPSA) is 38.8 Å². The van der Waals surface area contributed by atoms with Crippen LogP contribution in [0.25, 0.3) is 6.08 Å². The molecule has 0 atom stereocenters. The maximum atomic E-state index is 11.9. The van der Waals surface area contributed by atoms with Gasteiger partial charge >= 0.3 is 0 Å². The Kier molecular flexibility index (Phi) is 3.49. The van der Waals surface area contributed by atoms with E-state index in [2.05, 4.69) is 15.9 Å². The number of carbonyl (C=O) groups is 1. The summed E-state index contributed by atoms with van der Waals surface area (Å²) in [6.45, 7) is 0.265. The van der Waals surface area contributed by atoms with E-state index in [1.54, 1.807) is 7.05 Å². The minimum Gasteiger partial charge on any atom is -0.488 e. The van der Waals surface area contributed by atoms with Gasteiger partial charge in [-0.3, -0.25) is 9.63 Å². The van der Waals surface area contributed by atoms with Gasteiger partial charge < -0.3 is 4.74 Å². The number of fused-ring (bicyclic) bond motifs is 1. The van der Waals surface area contributed by atoms with Crippen LogP contribution in [0.2, 0.25) is 0 Å². The van der Waals surface area contributed by atoms with Crippen LogP contribution in [0.5, 0.6) is 5.75 Å². The minimum absolute atomic E-state index is 0.196. The SMILES string of the molecule is CON(C)C(=O)C1=Cc2cc(Br)ccc2OC1. The van der Waals surface area contributed by atoms with Crippen molar-refractivity contribution in [2.45, 2.75) is 0 Å². The lowest BCUT2D eigenvalue weighted by atomic mass is 10.1. The van der Waals surface area contributed by atoms with E-state index in [4.69, 9.17) is 9.57 Å². The molecule has 90 valence electrons. The van der Waals surface area contributed by atoms with Crippen LogP contribution in [0.1, 0.15) is 5.56 Å². The average molecular weight is 298 g/mol. The Hall–Kier alpha value is -1.33. The van der Waals surface area contributed by atoms with Crippen LogP contribution in [0, 0.1) is 0 Å². The van der Waals surface area contributed by atoms with Gasteiger partial charge in [0.05, 0.1) is 12.7 Å². The monoisotopic (exact) mass is 297 g/mol. The Morgan fingerprint density at radius 3 is 3.00 bits per heavy atom. The van der Waals surface area contributed by atoms with Gasteiger partial charge in [-0.2, -0.15) is 0 Å². The van der Waals surface area contributed by atoms with Gasteiger partial charge in [-0.05, 0) is 24.3 Å². The Labute approximate surface area is 108 Å². The number of hydrogen-bond acceptors (Lipinski definition) is 3. The summed E-state index contributed by atoms with van der Waals surface area (Å²) in [6, 6.07) is 5.69. The number of hydroxylamine groups is 2. The van der Waals surface area contributed by atoms with Crippen molar-refractivity contribution in [1.29, 1.82) is 0 Å². The molecule has 1 aliphatic heterocycles. The van der Waals surface area contributed by atoms with E-state index in [0.717, 1.165) is 15.8 Å². The predicted octanol–water partition coefficient (Wildman–Crippen LogP) is 2.24. The molecule has 2 rings (SSSR count). The molecule has 0 spiro atoms. The largest absolute Gasteiger partial charge is 0.488 e. The second-order valence-electron chi connectivity index (χ2n) is 3.63. The van der Waals surface area contributed by atoms with Gasteiger partial charge in [-0.1, -0.05) is 15.9 Å². The number of amides is 1. The number of nitrogens with zero attached hydrogens (tertiary/aromatic N) is 1. The standard InChI is InChI=1S/C12H12BrNO3/c1-14(16-2)12(15)9-5-8-6-10(13)3-4-11(8)17-7-9/h3-6H,7H2,1-2H3. The van der Waals surface area contributed by atoms with E-state index in [-0.39, 0.29) is 12.5 Å². The Morgan fingerprint density at radius 2 is 2.29 bits per heavy atom. The number of benzene rings is 1. The van der Waals surface area contributed by atoms with Gasteiger partial charge in [0.2, 0.25) is 0 Å². The van der Waals surface area contributed by atoms with Gasteiger partial charge in [0, 0.05) is 17.1 Å². The quantitative estimate of drug-likeness (QED) is 0.786. The molecule has 1 aromatic carbocycles. The number of likely N-dealkylation sites (N-methyl/N-ethyl adjacent to an activating group) is 1. The predicted molar refractivity (Wildman–Crippen MR) is 67.4 cm³/mol. The zero-order valence-corrected chi connectivity index (χ0v) is 11.2. The lowest BCUT2D eigenvalue weighted by molar-refractivity contribution is -0.164. The van der Waals surface area contributed by atoms with Crippen molar-refractivity contribution in [3.63, 3.8) is 0 Å². The minimum atomic E-state index is -0.196. The van der Waals surface area contributed by atoms with Crippen LogP contribution in [0.3, 0.4) is 0 Å². The third-order valence-electron chi connectivity index (χ3n) is 2.52. The molecule has 1 heterocycles. The number of rotatable bonds is 2. The first-order valence-electron chi connectivity index (χ1n) is 5.07. The second kappa shape index (κ2) is 4.89. The average Bonchev–Trinajstić information content (AvgIpc) is 2.36. The molecule has 0 fully saturated rings. The highest BCUT2D eigenvalue weighted by atomic mass is 79.9. The van der Waals surface area contributed by atoms with E-state index >= 15 is 0 Å². The van der Waals surface area contributed by atoms with Crippen molar-refractivity contribution in [2.75, 3.05) is 20.8 Å². The third kappa shape index (κ3) is 2.50. The molecule has 0 aliphatic carbocycles. The Bertz CT molecular complexity index is 485. The number of hydrogen-bond donors (Lipinski definition) is 0. The molecule has 4 nitrogen and oxygen atoms in total. The lowest BCUT2D eigenvalue weighted by Crippen LogP contribution is -2.30. The summed E-state index contributed by atoms with van der Waals surface area (Å²) in [4.78, 5) is 16.7. The summed E-state index contributed by atoms with van der Waals surface area (Å²) in [7, 11) is 3.02. The van der Waals surface area contributed by atoms with Crippen LogP contribution >= 0.6 is 15.9 Å². The van der Waals surface area contributed by atoms with Crippen molar-refractivity contribution in [3.8, 4) is 5.75 Å². The van der Waals surface area contributed by atoms with E-state index in [0.29, 0.717) is 5.57 Å². The smallest absolute Gasteiger partial charge is 0.276 e. The molecular weight excluding hydrogens is 286 g/mol. The molecular formula is C12H12BrNO3. The first-order chi connectivity index (χ1) is 8.11. The zero-order chi connectivity index (χ0) is 12.4. The number of ether oxygens (including phenoxy) is 1. The maximum Gasteiger partial charge on any atom is 0.276 e. The summed E-state index contributed by atoms with van der Waals surface area (Å²) >= 11 is 3.39. The summed E-state index contributed by atoms with van der Waals surface area (Å²) < 4.78 is 6.46. The number of carbonyl (C=O) groups excluding carboxylic acids is 1. The zero-order valence-electron chi connectivity index (χ0n) is 9.57. The molecule has 17 heavy (non-hydrogen) atoms. The van der Waals surface area contributed by atoms with E-state index in [9.17, 15) is 4.79 Å². The van der Waals surface area contributed by atoms with Crippen molar-refractivity contribution in [1.82, 2.24) is 5.06 Å². The first kappa shape index (κ1) is 12.1. The van der Waals surface area contributed by atoms with Gasteiger partial charge in [-0.25, -0.2) is 5.06 Å². The lowest BCUT2D eigenvalue weighted by Gasteiger charge is -2.20. The Morgan fingerprint density at radius 1 is 1.53 bits per heavy atom. The van der Waals surface area contributed by atoms with E-state index in [1.807, 2.05) is 24.3 Å². The molecule has 1 aromatic rings. The van der Waals surface area contributed by atoms with Crippen LogP contribution in [-0.2, 0) is 9.63 Å². The normalized spacial score (nSPS) is 13.5. The highest BCUT2D eigenvalue weighted by Crippen LogP contribution is 2.29. The van der Waals surface area contributed by atoms with Crippen LogP contribution < -0.4 is 4.74 Å². The summed E-state index contributed by atoms with van der Waals surface area (Å²) in [5.41, 5.74) is 1.46. The highest BCUT2D eigenvalue weighted by molar-refractivity contribution is 9.10. The molecule has 1 amide bonds. The van der Waals surface area contributed by atoms with Gasteiger partial charge in [0.15, 0.2) is 0 Å². The fourth-order valence-corrected chi connectivity index (χ4v) is 1.94. The van der Waals surface area contributed by atoms with Crippen LogP contribution in [0.4, 0.5) is 0 Å². The fourth-order valence-electron chi connectivity index (χ4n) is 1.56. The molecule has 0 saturated heterocycles. The highest BCUT2D eigenvalue weighted by Gasteiger charge is 2.20. The summed E-state index contributed by atoms with van der Waals surface area (Å²) in [6.07, 6.45) is 1.82. The van der Waals surface area contributed by atoms with Crippen molar-refractivity contribution < 1.29 is 14.4 Å². The summed E-state index contributed by atoms with van der Waals surface area (Å²) in [5.74, 6) is 0.586. The maximum absolute atomic E-state index is 11.9. The molecule has 0 bridgehead atoms. The van der Waals surface area contributed by atoms with Crippen LogP contribution in [-0.4, -0.2) is 31.7 Å². The molecule has 0 N–H and O–H groups in total. The number of halogens is 1. The molecule has 5 heteroatoms. The first-order valence-corrected chi connectivity index (χ1v) is 5.86. The van der Waals surface area contributed by atoms with Crippen molar-refractivity contribution >= 4 is 27.9 Å². The molecule has 1 aliphatic rings. The molecule has 0 aromatic heterocycles. The van der Waals surface area contributed by atoms with Gasteiger partial charge in [-0.15, -0.1) is 0 Å². The van der Waals surface area contributed by atoms with Gasteiger partial charge in [0.25, 0.3) is 5.91 Å².